The molecule has 0 bridgehead atoms. The fourth-order valence-corrected chi connectivity index (χ4v) is 0.866. The van der Waals surface area contributed by atoms with E-state index in [4.69, 9.17) is 4.74 Å². The molecule has 2 atom stereocenters. The SMILES string of the molecule is CNC(C)C(=O)NC(C)CCOC. The lowest BCUT2D eigenvalue weighted by Crippen LogP contribution is -2.44. The topological polar surface area (TPSA) is 50.4 Å². The van der Waals surface area contributed by atoms with Crippen LogP contribution in [0.25, 0.3) is 0 Å². The maximum atomic E-state index is 11.3. The number of likely N-dealkylation sites (N-methyl/N-ethyl adjacent to an activating group) is 1. The van der Waals surface area contributed by atoms with Crippen molar-refractivity contribution in [1.29, 1.82) is 0 Å². The van der Waals surface area contributed by atoms with Gasteiger partial charge in [-0.1, -0.05) is 0 Å². The standard InChI is InChI=1S/C9H20N2O2/c1-7(5-6-13-4)11-9(12)8(2)10-3/h7-8,10H,5-6H2,1-4H3,(H,11,12). The zero-order valence-electron chi connectivity index (χ0n) is 8.89. The minimum Gasteiger partial charge on any atom is -0.385 e. The Kier molecular flexibility index (Phi) is 6.54. The van der Waals surface area contributed by atoms with Crippen molar-refractivity contribution < 1.29 is 9.53 Å². The number of methoxy groups -OCH3 is 1. The van der Waals surface area contributed by atoms with Crippen LogP contribution in [0.3, 0.4) is 0 Å². The molecule has 0 aliphatic rings. The average Bonchev–Trinajstić information content (AvgIpc) is 2.13. The number of hydrogen-bond acceptors (Lipinski definition) is 3. The average molecular weight is 188 g/mol. The molecule has 0 fully saturated rings. The van der Waals surface area contributed by atoms with E-state index in [0.717, 1.165) is 6.42 Å². The van der Waals surface area contributed by atoms with Crippen LogP contribution in [-0.2, 0) is 9.53 Å². The molecule has 78 valence electrons. The van der Waals surface area contributed by atoms with E-state index in [-0.39, 0.29) is 18.0 Å². The first-order valence-electron chi connectivity index (χ1n) is 4.58. The van der Waals surface area contributed by atoms with E-state index in [9.17, 15) is 4.79 Å². The van der Waals surface area contributed by atoms with Gasteiger partial charge in [-0.2, -0.15) is 0 Å². The summed E-state index contributed by atoms with van der Waals surface area (Å²) in [6, 6.07) is 0.0354. The van der Waals surface area contributed by atoms with Gasteiger partial charge >= 0.3 is 0 Å². The molecule has 0 aliphatic carbocycles. The minimum atomic E-state index is -0.134. The molecule has 0 saturated heterocycles. The summed E-state index contributed by atoms with van der Waals surface area (Å²) in [7, 11) is 3.43. The molecule has 0 aromatic carbocycles. The Bertz CT molecular complexity index is 151. The molecule has 4 heteroatoms. The fourth-order valence-electron chi connectivity index (χ4n) is 0.866. The Labute approximate surface area is 80.0 Å². The highest BCUT2D eigenvalue weighted by atomic mass is 16.5. The second-order valence-corrected chi connectivity index (χ2v) is 3.20. The van der Waals surface area contributed by atoms with Crippen LogP contribution >= 0.6 is 0 Å². The summed E-state index contributed by atoms with van der Waals surface area (Å²) in [5, 5.41) is 5.77. The summed E-state index contributed by atoms with van der Waals surface area (Å²) in [4.78, 5) is 11.3. The predicted molar refractivity (Wildman–Crippen MR) is 52.6 cm³/mol. The Morgan fingerprint density at radius 3 is 2.54 bits per heavy atom. The third kappa shape index (κ3) is 5.60. The van der Waals surface area contributed by atoms with E-state index < -0.39 is 0 Å². The Morgan fingerprint density at radius 1 is 1.46 bits per heavy atom. The van der Waals surface area contributed by atoms with E-state index in [1.807, 2.05) is 13.8 Å². The molecule has 0 aromatic heterocycles. The highest BCUT2D eigenvalue weighted by Crippen LogP contribution is 1.91. The van der Waals surface area contributed by atoms with Gasteiger partial charge in [0.25, 0.3) is 0 Å². The summed E-state index contributed by atoms with van der Waals surface area (Å²) in [5.41, 5.74) is 0. The van der Waals surface area contributed by atoms with Crippen molar-refractivity contribution >= 4 is 5.91 Å². The van der Waals surface area contributed by atoms with Crippen LogP contribution in [0.1, 0.15) is 20.3 Å². The van der Waals surface area contributed by atoms with E-state index in [1.54, 1.807) is 14.2 Å². The van der Waals surface area contributed by atoms with E-state index in [0.29, 0.717) is 6.61 Å². The summed E-state index contributed by atoms with van der Waals surface area (Å²) < 4.78 is 4.91. The van der Waals surface area contributed by atoms with Crippen molar-refractivity contribution in [2.75, 3.05) is 20.8 Å². The number of nitrogens with one attached hydrogen (secondary N) is 2. The van der Waals surface area contributed by atoms with Gasteiger partial charge in [0.15, 0.2) is 0 Å². The van der Waals surface area contributed by atoms with Gasteiger partial charge in [-0.15, -0.1) is 0 Å². The van der Waals surface area contributed by atoms with Crippen molar-refractivity contribution in [1.82, 2.24) is 10.6 Å². The van der Waals surface area contributed by atoms with Gasteiger partial charge in [-0.3, -0.25) is 4.79 Å². The smallest absolute Gasteiger partial charge is 0.237 e. The Balaban J connectivity index is 3.64. The highest BCUT2D eigenvalue weighted by molar-refractivity contribution is 5.81. The van der Waals surface area contributed by atoms with Gasteiger partial charge in [0, 0.05) is 19.8 Å². The third-order valence-electron chi connectivity index (χ3n) is 1.97. The molecule has 13 heavy (non-hydrogen) atoms. The van der Waals surface area contributed by atoms with Crippen molar-refractivity contribution in [3.63, 3.8) is 0 Å². The van der Waals surface area contributed by atoms with Crippen molar-refractivity contribution in [2.24, 2.45) is 0 Å². The number of carbonyl (C=O) groups is 1. The van der Waals surface area contributed by atoms with Gasteiger partial charge in [-0.05, 0) is 27.3 Å². The van der Waals surface area contributed by atoms with Gasteiger partial charge in [-0.25, -0.2) is 0 Å². The van der Waals surface area contributed by atoms with Crippen LogP contribution in [0, 0.1) is 0 Å². The molecule has 2 N–H and O–H groups in total. The molecule has 0 heterocycles. The maximum absolute atomic E-state index is 11.3. The number of ether oxygens (including phenoxy) is 1. The second kappa shape index (κ2) is 6.86. The summed E-state index contributed by atoms with van der Waals surface area (Å²) in [6.45, 7) is 4.48. The zero-order valence-corrected chi connectivity index (χ0v) is 8.89. The predicted octanol–water partition coefficient (Wildman–Crippen LogP) is 0.135. The summed E-state index contributed by atoms with van der Waals surface area (Å²) in [6.07, 6.45) is 0.846. The summed E-state index contributed by atoms with van der Waals surface area (Å²) >= 11 is 0. The van der Waals surface area contributed by atoms with Gasteiger partial charge in [0.1, 0.15) is 0 Å². The highest BCUT2D eigenvalue weighted by Gasteiger charge is 2.12. The van der Waals surface area contributed by atoms with Crippen LogP contribution in [0.5, 0.6) is 0 Å². The molecule has 0 rings (SSSR count). The molecule has 1 amide bonds. The quantitative estimate of drug-likeness (QED) is 0.623. The zero-order chi connectivity index (χ0) is 10.3. The van der Waals surface area contributed by atoms with Gasteiger partial charge in [0.2, 0.25) is 5.91 Å². The number of carbonyl (C=O) groups excluding carboxylic acids is 1. The second-order valence-electron chi connectivity index (χ2n) is 3.20. The van der Waals surface area contributed by atoms with Crippen LogP contribution < -0.4 is 10.6 Å². The molecular weight excluding hydrogens is 168 g/mol. The van der Waals surface area contributed by atoms with Crippen LogP contribution in [-0.4, -0.2) is 38.8 Å². The Hall–Kier alpha value is -0.610. The number of amides is 1. The summed E-state index contributed by atoms with van der Waals surface area (Å²) in [5.74, 6) is 0.0334. The van der Waals surface area contributed by atoms with Crippen molar-refractivity contribution in [3.05, 3.63) is 0 Å². The van der Waals surface area contributed by atoms with Crippen LogP contribution in [0.4, 0.5) is 0 Å². The molecule has 4 nitrogen and oxygen atoms in total. The lowest BCUT2D eigenvalue weighted by molar-refractivity contribution is -0.123. The first kappa shape index (κ1) is 12.4. The molecule has 0 spiro atoms. The normalized spacial score (nSPS) is 15.1. The molecule has 0 radical (unpaired) electrons. The van der Waals surface area contributed by atoms with Gasteiger partial charge < -0.3 is 15.4 Å². The lowest BCUT2D eigenvalue weighted by atomic mass is 10.2. The maximum Gasteiger partial charge on any atom is 0.237 e. The first-order valence-corrected chi connectivity index (χ1v) is 4.58. The van der Waals surface area contributed by atoms with Crippen LogP contribution in [0.2, 0.25) is 0 Å². The van der Waals surface area contributed by atoms with E-state index >= 15 is 0 Å². The molecule has 2 unspecified atom stereocenters. The monoisotopic (exact) mass is 188 g/mol. The molecule has 0 saturated carbocycles. The Morgan fingerprint density at radius 2 is 2.08 bits per heavy atom. The largest absolute Gasteiger partial charge is 0.385 e. The minimum absolute atomic E-state index is 0.0334. The van der Waals surface area contributed by atoms with E-state index in [1.165, 1.54) is 0 Å². The fraction of sp³-hybridized carbons (Fsp3) is 0.889. The molecule has 0 aromatic rings. The van der Waals surface area contributed by atoms with Crippen LogP contribution in [0.15, 0.2) is 0 Å². The number of hydrogen-bond donors (Lipinski definition) is 2. The van der Waals surface area contributed by atoms with E-state index in [2.05, 4.69) is 10.6 Å². The first-order chi connectivity index (χ1) is 6.11. The molecule has 0 aliphatic heterocycles. The lowest BCUT2D eigenvalue weighted by Gasteiger charge is -2.16. The third-order valence-corrected chi connectivity index (χ3v) is 1.97. The molecular formula is C9H20N2O2. The van der Waals surface area contributed by atoms with Gasteiger partial charge in [0.05, 0.1) is 6.04 Å². The number of rotatable bonds is 6. The van der Waals surface area contributed by atoms with Crippen molar-refractivity contribution in [2.45, 2.75) is 32.4 Å². The van der Waals surface area contributed by atoms with Crippen molar-refractivity contribution in [3.8, 4) is 0 Å².